The molecule has 0 fully saturated rings. The van der Waals surface area contributed by atoms with E-state index in [4.69, 9.17) is 29.2 Å². The minimum absolute atomic E-state index is 0.0389. The molecule has 0 atom stereocenters. The molecule has 0 spiro atoms. The van der Waals surface area contributed by atoms with E-state index in [9.17, 15) is 24.0 Å². The van der Waals surface area contributed by atoms with Crippen LogP contribution in [0.2, 0.25) is 0 Å². The maximum Gasteiger partial charge on any atom is 0.413 e. The molecule has 0 saturated heterocycles. The Morgan fingerprint density at radius 2 is 1.16 bits per heavy atom. The fourth-order valence-electron chi connectivity index (χ4n) is 5.03. The number of nitrogens with zero attached hydrogens (tertiary/aromatic N) is 4. The lowest BCUT2D eigenvalue weighted by atomic mass is 9.88. The minimum Gasteiger partial charge on any atom is -0.444 e. The highest BCUT2D eigenvalue weighted by Crippen LogP contribution is 2.24. The summed E-state index contributed by atoms with van der Waals surface area (Å²) in [6, 6.07) is 6.06. The van der Waals surface area contributed by atoms with Crippen LogP contribution >= 0.6 is 0 Å². The van der Waals surface area contributed by atoms with Gasteiger partial charge >= 0.3 is 12.2 Å². The molecular formula is C42H67N10O10+. The molecule has 0 saturated carbocycles. The van der Waals surface area contributed by atoms with Crippen molar-refractivity contribution in [2.45, 2.75) is 131 Å². The predicted molar refractivity (Wildman–Crippen MR) is 230 cm³/mol. The van der Waals surface area contributed by atoms with Crippen molar-refractivity contribution in [3.05, 3.63) is 47.8 Å². The second-order valence-electron chi connectivity index (χ2n) is 17.7. The van der Waals surface area contributed by atoms with Gasteiger partial charge in [-0.1, -0.05) is 26.0 Å². The van der Waals surface area contributed by atoms with Crippen molar-refractivity contribution in [3.8, 4) is 0 Å². The molecular weight excluding hydrogens is 805 g/mol. The summed E-state index contributed by atoms with van der Waals surface area (Å²) in [6.07, 6.45) is 2.90. The molecule has 2 aromatic heterocycles. The molecule has 0 bridgehead atoms. The number of carbonyl (C=O) groups is 5. The first-order valence-corrected chi connectivity index (χ1v) is 20.5. The van der Waals surface area contributed by atoms with Gasteiger partial charge in [0.2, 0.25) is 22.6 Å². The van der Waals surface area contributed by atoms with E-state index in [1.807, 2.05) is 27.7 Å². The Morgan fingerprint density at radius 3 is 1.56 bits per heavy atom. The van der Waals surface area contributed by atoms with Crippen molar-refractivity contribution in [1.29, 1.82) is 5.53 Å². The topological polar surface area (TPSA) is 268 Å². The third kappa shape index (κ3) is 24.0. The van der Waals surface area contributed by atoms with E-state index >= 15 is 0 Å². The molecule has 6 N–H and O–H groups in total. The monoisotopic (exact) mass is 872 g/mol. The number of pyridine rings is 2. The van der Waals surface area contributed by atoms with E-state index < -0.39 is 40.4 Å². The molecule has 0 aliphatic rings. The van der Waals surface area contributed by atoms with E-state index in [1.54, 1.807) is 65.8 Å². The number of rotatable bonds is 25. The lowest BCUT2D eigenvalue weighted by molar-refractivity contribution is -0.133. The third-order valence-electron chi connectivity index (χ3n) is 8.53. The van der Waals surface area contributed by atoms with Crippen LogP contribution in [-0.4, -0.2) is 102 Å². The van der Waals surface area contributed by atoms with Gasteiger partial charge in [-0.05, 0) is 85.1 Å². The third-order valence-corrected chi connectivity index (χ3v) is 8.53. The first-order chi connectivity index (χ1) is 28.9. The van der Waals surface area contributed by atoms with Gasteiger partial charge in [0.05, 0.1) is 38.1 Å². The van der Waals surface area contributed by atoms with Gasteiger partial charge in [-0.3, -0.25) is 25.0 Å². The normalized spacial score (nSPS) is 11.9. The van der Waals surface area contributed by atoms with Gasteiger partial charge in [0.1, 0.15) is 40.0 Å². The van der Waals surface area contributed by atoms with E-state index in [2.05, 4.69) is 46.6 Å². The number of hydrogen-bond acceptors (Lipinski definition) is 14. The molecule has 344 valence electrons. The highest BCUT2D eigenvalue weighted by Gasteiger charge is 2.31. The van der Waals surface area contributed by atoms with Gasteiger partial charge in [-0.15, -0.1) is 0 Å². The quantitative estimate of drug-likeness (QED) is 0.0407. The molecule has 0 aromatic carbocycles. The van der Waals surface area contributed by atoms with Gasteiger partial charge in [0.15, 0.2) is 0 Å². The SMILES string of the molecule is CC(C)(C)OC(=O)Nc1ccc(CNC(=O)CCOCC(COCCC(=O)NCc2ccc(NC(=O)OC(C)(C)C)nc2)NC(=O)C(C)(C)CCOC(C)(C)CCN=[N+]=N)cn1. The van der Waals surface area contributed by atoms with Crippen molar-refractivity contribution in [3.63, 3.8) is 0 Å². The van der Waals surface area contributed by atoms with Gasteiger partial charge in [0, 0.05) is 56.8 Å². The van der Waals surface area contributed by atoms with Crippen LogP contribution < -0.4 is 31.5 Å². The molecule has 2 rings (SSSR count). The maximum atomic E-state index is 13.5. The number of anilines is 2. The average Bonchev–Trinajstić information content (AvgIpc) is 3.15. The molecule has 0 unspecified atom stereocenters. The van der Waals surface area contributed by atoms with Crippen molar-refractivity contribution < 1.29 is 47.7 Å². The van der Waals surface area contributed by atoms with E-state index in [0.717, 1.165) is 11.1 Å². The largest absolute Gasteiger partial charge is 0.444 e. The Labute approximate surface area is 364 Å². The highest BCUT2D eigenvalue weighted by molar-refractivity contribution is 5.84. The zero-order valence-electron chi connectivity index (χ0n) is 37.9. The summed E-state index contributed by atoms with van der Waals surface area (Å²) < 4.78 is 28.1. The summed E-state index contributed by atoms with van der Waals surface area (Å²) in [5.41, 5.74) is 5.63. The smallest absolute Gasteiger partial charge is 0.413 e. The Kier molecular flexibility index (Phi) is 21.5. The van der Waals surface area contributed by atoms with Crippen molar-refractivity contribution in [2.75, 3.05) is 50.2 Å². The summed E-state index contributed by atoms with van der Waals surface area (Å²) in [7, 11) is 0. The molecule has 2 aromatic rings. The summed E-state index contributed by atoms with van der Waals surface area (Å²) in [5, 5.41) is 17.4. The Morgan fingerprint density at radius 1 is 0.694 bits per heavy atom. The van der Waals surface area contributed by atoms with Crippen molar-refractivity contribution >= 4 is 41.5 Å². The molecule has 2 heterocycles. The van der Waals surface area contributed by atoms with Crippen LogP contribution in [0.25, 0.3) is 0 Å². The number of nitrogens with one attached hydrogen (secondary N) is 6. The predicted octanol–water partition coefficient (Wildman–Crippen LogP) is 5.55. The zero-order valence-corrected chi connectivity index (χ0v) is 37.9. The Balaban J connectivity index is 1.88. The van der Waals surface area contributed by atoms with Crippen LogP contribution in [0.1, 0.15) is 106 Å². The number of ether oxygens (including phenoxy) is 5. The lowest BCUT2D eigenvalue weighted by Crippen LogP contribution is -2.47. The first kappa shape index (κ1) is 52.6. The van der Waals surface area contributed by atoms with E-state index in [-0.39, 0.29) is 70.1 Å². The second-order valence-corrected chi connectivity index (χ2v) is 17.7. The summed E-state index contributed by atoms with van der Waals surface area (Å²) in [4.78, 5) is 74.1. The summed E-state index contributed by atoms with van der Waals surface area (Å²) in [5.74, 6) is -0.160. The van der Waals surface area contributed by atoms with Gasteiger partial charge in [-0.25, -0.2) is 19.6 Å². The van der Waals surface area contributed by atoms with Crippen LogP contribution in [0, 0.1) is 10.9 Å². The molecule has 20 heteroatoms. The van der Waals surface area contributed by atoms with Crippen LogP contribution in [0.4, 0.5) is 21.2 Å². The van der Waals surface area contributed by atoms with Crippen LogP contribution in [0.5, 0.6) is 0 Å². The lowest BCUT2D eigenvalue weighted by Gasteiger charge is -2.30. The minimum atomic E-state index is -0.827. The molecule has 0 aliphatic heterocycles. The van der Waals surface area contributed by atoms with Crippen molar-refractivity contribution in [2.24, 2.45) is 10.5 Å². The van der Waals surface area contributed by atoms with Gasteiger partial charge in [0.25, 0.3) is 0 Å². The molecule has 0 aliphatic carbocycles. The highest BCUT2D eigenvalue weighted by atomic mass is 16.6. The Hall–Kier alpha value is -5.56. The first-order valence-electron chi connectivity index (χ1n) is 20.5. The standard InChI is InChI=1S/C42H66N10O10/c1-39(2,3)61-37(56)50-32-13-11-29(23-44-32)25-46-34(53)15-20-58-27-31(49-36(55)41(7,8)18-22-60-42(9,10)17-19-48-52-43)28-59-21-16-35(54)47-26-30-12-14-33(45-24-30)51-38(57)62-40(4,5)6/h11-14,23-24,31,43H,15-22,25-28H2,1-10H3,(H4-,44,45,46,47,49,50,51,53,54,55,56,57)/p+1. The Bertz CT molecular complexity index is 1690. The number of amides is 5. The molecule has 0 radical (unpaired) electrons. The maximum absolute atomic E-state index is 13.5. The number of carbonyl (C=O) groups excluding carboxylic acids is 5. The van der Waals surface area contributed by atoms with Crippen LogP contribution in [0.3, 0.4) is 0 Å². The fraction of sp³-hybridized carbons (Fsp3) is 0.643. The van der Waals surface area contributed by atoms with Gasteiger partial charge in [-0.2, -0.15) is 0 Å². The summed E-state index contributed by atoms with van der Waals surface area (Å²) >= 11 is 0. The molecule has 20 nitrogen and oxygen atoms in total. The zero-order chi connectivity index (χ0) is 46.4. The van der Waals surface area contributed by atoms with E-state index in [1.165, 1.54) is 12.4 Å². The van der Waals surface area contributed by atoms with Crippen LogP contribution in [-0.2, 0) is 51.2 Å². The van der Waals surface area contributed by atoms with Crippen molar-refractivity contribution in [1.82, 2.24) is 30.8 Å². The number of hydrogen-bond donors (Lipinski definition) is 6. The second kappa shape index (κ2) is 25.4. The van der Waals surface area contributed by atoms with Crippen LogP contribution in [0.15, 0.2) is 41.8 Å². The molecule has 62 heavy (non-hydrogen) atoms. The van der Waals surface area contributed by atoms with E-state index in [0.29, 0.717) is 37.6 Å². The molecule has 5 amide bonds. The average molecular weight is 872 g/mol. The summed E-state index contributed by atoms with van der Waals surface area (Å²) in [6.45, 7) is 19.3. The number of aromatic nitrogens is 2. The fourth-order valence-corrected chi connectivity index (χ4v) is 5.03. The van der Waals surface area contributed by atoms with Gasteiger partial charge < -0.3 is 39.6 Å².